The number of anilines is 2. The minimum Gasteiger partial charge on any atom is -0.371 e. The van der Waals surface area contributed by atoms with Crippen LogP contribution >= 0.6 is 0 Å². The fraction of sp³-hybridized carbons (Fsp3) is 0.217. The van der Waals surface area contributed by atoms with E-state index in [-0.39, 0.29) is 28.9 Å². The summed E-state index contributed by atoms with van der Waals surface area (Å²) in [6, 6.07) is 15.0. The van der Waals surface area contributed by atoms with Gasteiger partial charge in [-0.2, -0.15) is 10.4 Å². The van der Waals surface area contributed by atoms with Gasteiger partial charge in [-0.15, -0.1) is 0 Å². The number of carbonyl (C=O) groups is 2. The number of hydrogen-bond acceptors (Lipinski definition) is 7. The topological polar surface area (TPSA) is 134 Å². The van der Waals surface area contributed by atoms with Gasteiger partial charge in [0.25, 0.3) is 5.69 Å². The first-order valence-corrected chi connectivity index (χ1v) is 10.3. The Balaban J connectivity index is 1.45. The van der Waals surface area contributed by atoms with E-state index in [1.807, 2.05) is 18.2 Å². The number of carbonyl (C=O) groups excluding carboxylic acids is 2. The van der Waals surface area contributed by atoms with E-state index < -0.39 is 4.92 Å². The molecule has 1 N–H and O–H groups in total. The molecule has 10 heteroatoms. The summed E-state index contributed by atoms with van der Waals surface area (Å²) in [6.45, 7) is 1.37. The first-order chi connectivity index (χ1) is 16.0. The molecule has 1 amide bonds. The minimum atomic E-state index is -0.501. The number of benzene rings is 2. The summed E-state index contributed by atoms with van der Waals surface area (Å²) in [6.07, 6.45) is 3.42. The Hall–Kier alpha value is -4.52. The average Bonchev–Trinajstić information content (AvgIpc) is 3.26. The van der Waals surface area contributed by atoms with Crippen LogP contribution in [0.25, 0.3) is 5.69 Å². The van der Waals surface area contributed by atoms with Crippen molar-refractivity contribution in [3.05, 3.63) is 76.0 Å². The third-order valence-electron chi connectivity index (χ3n) is 5.70. The smallest absolute Gasteiger partial charge is 0.269 e. The van der Waals surface area contributed by atoms with Crippen molar-refractivity contribution in [2.75, 3.05) is 23.3 Å². The molecule has 0 aliphatic carbocycles. The summed E-state index contributed by atoms with van der Waals surface area (Å²) in [4.78, 5) is 36.4. The number of nitriles is 1. The molecule has 0 radical (unpaired) electrons. The van der Waals surface area contributed by atoms with E-state index in [4.69, 9.17) is 0 Å². The zero-order chi connectivity index (χ0) is 23.4. The monoisotopic (exact) mass is 444 g/mol. The highest BCUT2D eigenvalue weighted by atomic mass is 16.6. The fourth-order valence-corrected chi connectivity index (χ4v) is 3.84. The Morgan fingerprint density at radius 3 is 2.33 bits per heavy atom. The van der Waals surface area contributed by atoms with Crippen molar-refractivity contribution in [2.45, 2.75) is 12.8 Å². The number of nitro benzene ring substituents is 1. The summed E-state index contributed by atoms with van der Waals surface area (Å²) in [5.74, 6) is -0.198. The number of nitrogens with zero attached hydrogens (tertiary/aromatic N) is 5. The molecule has 33 heavy (non-hydrogen) atoms. The van der Waals surface area contributed by atoms with Gasteiger partial charge >= 0.3 is 0 Å². The number of nitro groups is 1. The summed E-state index contributed by atoms with van der Waals surface area (Å²) >= 11 is 0. The highest BCUT2D eigenvalue weighted by molar-refractivity contribution is 5.93. The first-order valence-electron chi connectivity index (χ1n) is 10.3. The van der Waals surface area contributed by atoms with Crippen LogP contribution in [-0.2, 0) is 4.79 Å². The van der Waals surface area contributed by atoms with Gasteiger partial charge in [-0.05, 0) is 49.2 Å². The van der Waals surface area contributed by atoms with Crippen molar-refractivity contribution < 1.29 is 14.5 Å². The lowest BCUT2D eigenvalue weighted by Crippen LogP contribution is -2.38. The van der Waals surface area contributed by atoms with Crippen LogP contribution < -0.4 is 10.2 Å². The van der Waals surface area contributed by atoms with Gasteiger partial charge in [0.1, 0.15) is 17.9 Å². The number of hydrogen-bond donors (Lipinski definition) is 1. The van der Waals surface area contributed by atoms with E-state index in [0.717, 1.165) is 12.0 Å². The van der Waals surface area contributed by atoms with Gasteiger partial charge in [-0.25, -0.2) is 4.68 Å². The summed E-state index contributed by atoms with van der Waals surface area (Å²) < 4.78 is 1.39. The number of aldehydes is 1. The summed E-state index contributed by atoms with van der Waals surface area (Å²) in [7, 11) is 0. The Morgan fingerprint density at radius 2 is 1.76 bits per heavy atom. The molecule has 2 heterocycles. The van der Waals surface area contributed by atoms with E-state index in [1.165, 1.54) is 35.1 Å². The van der Waals surface area contributed by atoms with Gasteiger partial charge in [0.15, 0.2) is 5.82 Å². The van der Waals surface area contributed by atoms with Crippen LogP contribution in [0.3, 0.4) is 0 Å². The van der Waals surface area contributed by atoms with Crippen LogP contribution in [-0.4, -0.2) is 40.0 Å². The standard InChI is InChI=1S/C23H20N6O4/c24-13-18-14-25-28(20-5-7-21(8-6-20)29(32)33)22(18)26-23(31)17-9-11-27(12-10-17)19-3-1-16(15-30)2-4-19/h1-8,14-15,17H,9-12H2,(H,26,31). The van der Waals surface area contributed by atoms with Crippen molar-refractivity contribution in [1.29, 1.82) is 5.26 Å². The van der Waals surface area contributed by atoms with Crippen molar-refractivity contribution in [3.8, 4) is 11.8 Å². The second-order valence-corrected chi connectivity index (χ2v) is 7.66. The summed E-state index contributed by atoms with van der Waals surface area (Å²) in [5.41, 5.74) is 2.25. The van der Waals surface area contributed by atoms with Crippen LogP contribution in [0.4, 0.5) is 17.2 Å². The Morgan fingerprint density at radius 1 is 1.12 bits per heavy atom. The van der Waals surface area contributed by atoms with Crippen LogP contribution in [0.2, 0.25) is 0 Å². The third-order valence-corrected chi connectivity index (χ3v) is 5.70. The van der Waals surface area contributed by atoms with Crippen molar-refractivity contribution >= 4 is 29.4 Å². The zero-order valence-electron chi connectivity index (χ0n) is 17.5. The van der Waals surface area contributed by atoms with Gasteiger partial charge in [-0.1, -0.05) is 0 Å². The normalized spacial score (nSPS) is 13.8. The van der Waals surface area contributed by atoms with Gasteiger partial charge < -0.3 is 10.2 Å². The lowest BCUT2D eigenvalue weighted by molar-refractivity contribution is -0.384. The number of non-ortho nitro benzene ring substituents is 1. The maximum absolute atomic E-state index is 13.0. The molecule has 0 atom stereocenters. The zero-order valence-corrected chi connectivity index (χ0v) is 17.5. The number of piperidine rings is 1. The number of amides is 1. The first kappa shape index (κ1) is 21.7. The SMILES string of the molecule is N#Cc1cnn(-c2ccc([N+](=O)[O-])cc2)c1NC(=O)C1CCN(c2ccc(C=O)cc2)CC1. The lowest BCUT2D eigenvalue weighted by Gasteiger charge is -2.33. The van der Waals surface area contributed by atoms with E-state index in [0.29, 0.717) is 37.2 Å². The molecule has 1 aromatic heterocycles. The van der Waals surface area contributed by atoms with Crippen LogP contribution in [0.1, 0.15) is 28.8 Å². The number of aromatic nitrogens is 2. The van der Waals surface area contributed by atoms with Crippen molar-refractivity contribution in [3.63, 3.8) is 0 Å². The molecule has 2 aromatic carbocycles. The minimum absolute atomic E-state index is 0.0652. The van der Waals surface area contributed by atoms with E-state index in [1.54, 1.807) is 12.1 Å². The molecule has 0 bridgehead atoms. The molecule has 0 unspecified atom stereocenters. The molecule has 0 spiro atoms. The Bertz CT molecular complexity index is 1220. The molecule has 4 rings (SSSR count). The molecular weight excluding hydrogens is 424 g/mol. The van der Waals surface area contributed by atoms with E-state index in [2.05, 4.69) is 15.3 Å². The van der Waals surface area contributed by atoms with Crippen LogP contribution in [0.5, 0.6) is 0 Å². The van der Waals surface area contributed by atoms with Crippen LogP contribution in [0.15, 0.2) is 54.7 Å². The lowest BCUT2D eigenvalue weighted by atomic mass is 9.95. The highest BCUT2D eigenvalue weighted by Gasteiger charge is 2.27. The largest absolute Gasteiger partial charge is 0.371 e. The van der Waals surface area contributed by atoms with Gasteiger partial charge in [-0.3, -0.25) is 19.7 Å². The highest BCUT2D eigenvalue weighted by Crippen LogP contribution is 2.27. The predicted octanol–water partition coefficient (Wildman–Crippen LogP) is 3.32. The third kappa shape index (κ3) is 4.57. The molecule has 1 aliphatic heterocycles. The van der Waals surface area contributed by atoms with Crippen LogP contribution in [0, 0.1) is 27.4 Å². The molecule has 10 nitrogen and oxygen atoms in total. The second kappa shape index (κ2) is 9.32. The van der Waals surface area contributed by atoms with E-state index >= 15 is 0 Å². The quantitative estimate of drug-likeness (QED) is 0.350. The van der Waals surface area contributed by atoms with E-state index in [9.17, 15) is 25.0 Å². The average molecular weight is 444 g/mol. The molecule has 1 aliphatic rings. The Labute approximate surface area is 189 Å². The van der Waals surface area contributed by atoms with Gasteiger partial charge in [0.2, 0.25) is 5.91 Å². The maximum atomic E-state index is 13.0. The molecule has 166 valence electrons. The van der Waals surface area contributed by atoms with Gasteiger partial charge in [0, 0.05) is 42.4 Å². The van der Waals surface area contributed by atoms with Crippen molar-refractivity contribution in [1.82, 2.24) is 9.78 Å². The second-order valence-electron chi connectivity index (χ2n) is 7.66. The predicted molar refractivity (Wildman–Crippen MR) is 120 cm³/mol. The molecule has 3 aromatic rings. The molecule has 1 saturated heterocycles. The van der Waals surface area contributed by atoms with Gasteiger partial charge in [0.05, 0.1) is 16.8 Å². The Kier molecular flexibility index (Phi) is 6.13. The fourth-order valence-electron chi connectivity index (χ4n) is 3.84. The summed E-state index contributed by atoms with van der Waals surface area (Å²) in [5, 5.41) is 27.3. The molecular formula is C23H20N6O4. The maximum Gasteiger partial charge on any atom is 0.269 e. The van der Waals surface area contributed by atoms with Crippen molar-refractivity contribution in [2.24, 2.45) is 5.92 Å². The number of nitrogens with one attached hydrogen (secondary N) is 1. The number of rotatable bonds is 6. The molecule has 0 saturated carbocycles. The molecule has 1 fully saturated rings.